The molecule has 0 heterocycles. The number of likely N-dealkylation sites (N-methyl/N-ethyl adjacent to an activating group) is 1. The average molecular weight is 718 g/mol. The lowest BCUT2D eigenvalue weighted by Gasteiger charge is -2.28. The molecule has 49 heavy (non-hydrogen) atoms. The summed E-state index contributed by atoms with van der Waals surface area (Å²) in [6, 6.07) is 0. The molecule has 0 aromatic rings. The smallest absolute Gasteiger partial charge is 0.306 e. The van der Waals surface area contributed by atoms with Crippen molar-refractivity contribution in [3.05, 3.63) is 12.2 Å². The van der Waals surface area contributed by atoms with Gasteiger partial charge in [0.2, 0.25) is 0 Å². The van der Waals surface area contributed by atoms with Gasteiger partial charge in [0, 0.05) is 12.8 Å². The molecule has 0 spiro atoms. The highest BCUT2D eigenvalue weighted by molar-refractivity contribution is 7.45. The molecule has 0 N–H and O–H groups in total. The van der Waals surface area contributed by atoms with Crippen LogP contribution in [0.15, 0.2) is 12.2 Å². The number of unbranched alkanes of at least 4 members (excludes halogenated alkanes) is 20. The molecule has 0 rings (SSSR count). The Hall–Kier alpha value is -1.25. The van der Waals surface area contributed by atoms with E-state index in [4.69, 9.17) is 18.5 Å². The van der Waals surface area contributed by atoms with Crippen molar-refractivity contribution < 1.29 is 42.1 Å². The summed E-state index contributed by atoms with van der Waals surface area (Å²) in [6.07, 6.45) is 31.1. The lowest BCUT2D eigenvalue weighted by atomic mass is 10.1. The molecule has 0 aliphatic carbocycles. The number of phosphoric acid groups is 1. The third-order valence-corrected chi connectivity index (χ3v) is 9.50. The number of hydrogen-bond acceptors (Lipinski definition) is 8. The van der Waals surface area contributed by atoms with Crippen LogP contribution in [-0.2, 0) is 32.7 Å². The summed E-state index contributed by atoms with van der Waals surface area (Å²) in [4.78, 5) is 37.2. The van der Waals surface area contributed by atoms with Gasteiger partial charge in [-0.15, -0.1) is 0 Å². The Morgan fingerprint density at radius 1 is 0.612 bits per heavy atom. The molecule has 0 aliphatic rings. The molecule has 9 nitrogen and oxygen atoms in total. The molecule has 2 atom stereocenters. The van der Waals surface area contributed by atoms with Gasteiger partial charge >= 0.3 is 11.9 Å². The molecule has 0 amide bonds. The van der Waals surface area contributed by atoms with Gasteiger partial charge in [-0.25, -0.2) is 0 Å². The van der Waals surface area contributed by atoms with E-state index >= 15 is 0 Å². The van der Waals surface area contributed by atoms with Gasteiger partial charge in [-0.05, 0) is 38.5 Å². The van der Waals surface area contributed by atoms with Crippen LogP contribution in [0.25, 0.3) is 0 Å². The third-order valence-electron chi connectivity index (χ3n) is 8.54. The number of ether oxygens (including phenoxy) is 2. The van der Waals surface area contributed by atoms with E-state index in [1.54, 1.807) is 0 Å². The number of rotatable bonds is 36. The fourth-order valence-corrected chi connectivity index (χ4v) is 6.08. The van der Waals surface area contributed by atoms with Crippen molar-refractivity contribution in [1.82, 2.24) is 0 Å². The van der Waals surface area contributed by atoms with Gasteiger partial charge < -0.3 is 27.9 Å². The summed E-state index contributed by atoms with van der Waals surface area (Å²) in [7, 11) is 1.17. The van der Waals surface area contributed by atoms with Crippen LogP contribution in [0.1, 0.15) is 174 Å². The molecule has 0 aliphatic heterocycles. The number of carbonyl (C=O) groups excluding carboxylic acids is 2. The second-order valence-electron chi connectivity index (χ2n) is 14.7. The molecule has 0 saturated heterocycles. The number of quaternary nitrogens is 1. The van der Waals surface area contributed by atoms with Crippen LogP contribution >= 0.6 is 7.82 Å². The second kappa shape index (κ2) is 32.6. The van der Waals surface area contributed by atoms with Gasteiger partial charge in [0.15, 0.2) is 6.10 Å². The van der Waals surface area contributed by atoms with Gasteiger partial charge in [0.25, 0.3) is 7.82 Å². The lowest BCUT2D eigenvalue weighted by molar-refractivity contribution is -0.870. The van der Waals surface area contributed by atoms with Crippen molar-refractivity contribution in [2.24, 2.45) is 0 Å². The molecule has 0 aromatic carbocycles. The first-order valence-corrected chi connectivity index (χ1v) is 21.4. The minimum Gasteiger partial charge on any atom is -0.756 e. The highest BCUT2D eigenvalue weighted by Gasteiger charge is 2.21. The van der Waals surface area contributed by atoms with Crippen molar-refractivity contribution in [3.8, 4) is 0 Å². The Morgan fingerprint density at radius 3 is 1.51 bits per heavy atom. The van der Waals surface area contributed by atoms with E-state index in [1.165, 1.54) is 96.3 Å². The summed E-state index contributed by atoms with van der Waals surface area (Å²) in [5.74, 6) is -0.842. The number of carbonyl (C=O) groups is 2. The van der Waals surface area contributed by atoms with Crippen molar-refractivity contribution in [2.75, 3.05) is 47.5 Å². The van der Waals surface area contributed by atoms with Gasteiger partial charge in [-0.1, -0.05) is 135 Å². The fraction of sp³-hybridized carbons (Fsp3) is 0.897. The van der Waals surface area contributed by atoms with Crippen LogP contribution in [0.4, 0.5) is 0 Å². The second-order valence-corrected chi connectivity index (χ2v) is 16.1. The van der Waals surface area contributed by atoms with Gasteiger partial charge in [0.1, 0.15) is 19.8 Å². The summed E-state index contributed by atoms with van der Waals surface area (Å²) in [5.41, 5.74) is 0. The Kier molecular flexibility index (Phi) is 31.8. The average Bonchev–Trinajstić information content (AvgIpc) is 3.04. The number of phosphoric ester groups is 1. The molecule has 0 saturated carbocycles. The molecule has 0 fully saturated rings. The predicted octanol–water partition coefficient (Wildman–Crippen LogP) is 10.00. The van der Waals surface area contributed by atoms with Crippen LogP contribution in [0.2, 0.25) is 0 Å². The number of nitrogens with zero attached hydrogens (tertiary/aromatic N) is 1. The van der Waals surface area contributed by atoms with Crippen molar-refractivity contribution >= 4 is 19.8 Å². The zero-order valence-electron chi connectivity index (χ0n) is 32.4. The van der Waals surface area contributed by atoms with E-state index in [0.717, 1.165) is 44.9 Å². The van der Waals surface area contributed by atoms with Crippen LogP contribution in [0, 0.1) is 0 Å². The molecule has 10 heteroatoms. The van der Waals surface area contributed by atoms with E-state index in [0.29, 0.717) is 17.4 Å². The normalized spacial score (nSPS) is 13.8. The minimum absolute atomic E-state index is 0.0292. The highest BCUT2D eigenvalue weighted by Crippen LogP contribution is 2.38. The van der Waals surface area contributed by atoms with E-state index in [-0.39, 0.29) is 26.1 Å². The quantitative estimate of drug-likeness (QED) is 0.0207. The maximum Gasteiger partial charge on any atom is 0.306 e. The first-order valence-electron chi connectivity index (χ1n) is 19.9. The Labute approximate surface area is 301 Å². The van der Waals surface area contributed by atoms with Crippen molar-refractivity contribution in [1.29, 1.82) is 0 Å². The van der Waals surface area contributed by atoms with Crippen molar-refractivity contribution in [3.63, 3.8) is 0 Å². The zero-order chi connectivity index (χ0) is 36.5. The van der Waals surface area contributed by atoms with Crippen LogP contribution < -0.4 is 4.89 Å². The van der Waals surface area contributed by atoms with E-state index in [9.17, 15) is 19.0 Å². The monoisotopic (exact) mass is 718 g/mol. The van der Waals surface area contributed by atoms with Crippen LogP contribution in [0.3, 0.4) is 0 Å². The largest absolute Gasteiger partial charge is 0.756 e. The Bertz CT molecular complexity index is 860. The number of esters is 2. The van der Waals surface area contributed by atoms with Gasteiger partial charge in [-0.2, -0.15) is 0 Å². The van der Waals surface area contributed by atoms with E-state index in [2.05, 4.69) is 26.0 Å². The van der Waals surface area contributed by atoms with E-state index in [1.807, 2.05) is 21.1 Å². The summed E-state index contributed by atoms with van der Waals surface area (Å²) < 4.78 is 33.7. The Morgan fingerprint density at radius 2 is 1.04 bits per heavy atom. The predicted molar refractivity (Wildman–Crippen MR) is 199 cm³/mol. The molecule has 2 unspecified atom stereocenters. The molecule has 290 valence electrons. The summed E-state index contributed by atoms with van der Waals surface area (Å²) in [6.45, 7) is 4.17. The first kappa shape index (κ1) is 47.8. The first-order chi connectivity index (χ1) is 23.5. The minimum atomic E-state index is -4.61. The summed E-state index contributed by atoms with van der Waals surface area (Å²) >= 11 is 0. The molecule has 0 aromatic heterocycles. The number of hydrogen-bond donors (Lipinski definition) is 0. The maximum absolute atomic E-state index is 12.6. The molecule has 0 bridgehead atoms. The highest BCUT2D eigenvalue weighted by atomic mass is 31.2. The molecular weight excluding hydrogens is 641 g/mol. The van der Waals surface area contributed by atoms with Gasteiger partial charge in [0.05, 0.1) is 27.7 Å². The Balaban J connectivity index is 4.30. The topological polar surface area (TPSA) is 111 Å². The SMILES string of the molecule is CCCCCCCCC/C=C\CCCCCCCCCC(=O)OC(COC(=O)CCCCCCCCC)COP(=O)([O-])OCC[N+](C)(C)C. The molecular formula is C39H76NO8P. The fourth-order valence-electron chi connectivity index (χ4n) is 5.35. The van der Waals surface area contributed by atoms with Crippen molar-refractivity contribution in [2.45, 2.75) is 180 Å². The van der Waals surface area contributed by atoms with Gasteiger partial charge in [-0.3, -0.25) is 14.2 Å². The van der Waals surface area contributed by atoms with Crippen LogP contribution in [0.5, 0.6) is 0 Å². The standard InChI is InChI=1S/C39H76NO8P/c1-6-8-10-12-14-15-16-17-18-19-20-21-22-23-24-26-28-30-32-39(42)48-37(36-47-49(43,44)46-34-33-40(3,4)5)35-45-38(41)31-29-27-25-13-11-9-7-2/h18-19,37H,6-17,20-36H2,1-5H3/b19-18-. The zero-order valence-corrected chi connectivity index (χ0v) is 33.3. The third kappa shape index (κ3) is 36.3. The van der Waals surface area contributed by atoms with Crippen LogP contribution in [-0.4, -0.2) is 70.0 Å². The number of allylic oxidation sites excluding steroid dienone is 2. The van der Waals surface area contributed by atoms with E-state index < -0.39 is 32.5 Å². The molecule has 0 radical (unpaired) electrons. The maximum atomic E-state index is 12.6. The lowest BCUT2D eigenvalue weighted by Crippen LogP contribution is -2.37. The summed E-state index contributed by atoms with van der Waals surface area (Å²) in [5, 5.41) is 0.